The van der Waals surface area contributed by atoms with Crippen LogP contribution in [0.15, 0.2) is 54.2 Å². The fraction of sp³-hybridized carbons (Fsp3) is 0.0667. The smallest absolute Gasteiger partial charge is 0.256 e. The second-order valence-corrected chi connectivity index (χ2v) is 7.26. The first-order valence-corrected chi connectivity index (χ1v) is 8.29. The van der Waals surface area contributed by atoms with Gasteiger partial charge in [-0.05, 0) is 46.4 Å². The summed E-state index contributed by atoms with van der Waals surface area (Å²) in [4.78, 5) is 12.3. The van der Waals surface area contributed by atoms with Crippen LogP contribution in [0.5, 0.6) is 0 Å². The maximum absolute atomic E-state index is 12.3. The molecule has 0 unspecified atom stereocenters. The second kappa shape index (κ2) is 6.40. The fourth-order valence-corrected chi connectivity index (χ4v) is 3.30. The van der Waals surface area contributed by atoms with E-state index in [4.69, 9.17) is 0 Å². The third-order valence-electron chi connectivity index (χ3n) is 2.99. The van der Waals surface area contributed by atoms with Gasteiger partial charge in [0.25, 0.3) is 5.91 Å². The van der Waals surface area contributed by atoms with Crippen molar-refractivity contribution in [3.63, 3.8) is 0 Å². The number of amides is 1. The number of rotatable bonds is 4. The number of para-hydroxylation sites is 1. The van der Waals surface area contributed by atoms with Gasteiger partial charge >= 0.3 is 0 Å². The summed E-state index contributed by atoms with van der Waals surface area (Å²) in [6.45, 7) is 0.630. The number of nitrogens with zero attached hydrogens (tertiary/aromatic N) is 2. The van der Waals surface area contributed by atoms with E-state index < -0.39 is 0 Å². The van der Waals surface area contributed by atoms with Gasteiger partial charge in [-0.15, -0.1) is 11.3 Å². The molecule has 0 radical (unpaired) electrons. The van der Waals surface area contributed by atoms with Crippen LogP contribution in [0.3, 0.4) is 0 Å². The Bertz CT molecular complexity index is 752. The predicted molar refractivity (Wildman–Crippen MR) is 92.8 cm³/mol. The standard InChI is InChI=1S/C15H12IN3OS/c16-14-8-12(10-21-14)15(20)18-13-5-2-1-4-11(13)9-19-7-3-6-17-19/h1-8,10H,9H2,(H,18,20). The molecule has 0 spiro atoms. The number of benzene rings is 1. The Morgan fingerprint density at radius 2 is 2.19 bits per heavy atom. The molecule has 3 aromatic rings. The Morgan fingerprint density at radius 3 is 2.90 bits per heavy atom. The minimum absolute atomic E-state index is 0.0814. The minimum Gasteiger partial charge on any atom is -0.322 e. The lowest BCUT2D eigenvalue weighted by Gasteiger charge is -2.10. The van der Waals surface area contributed by atoms with Gasteiger partial charge in [0.2, 0.25) is 0 Å². The number of thiophene rings is 1. The van der Waals surface area contributed by atoms with Crippen molar-refractivity contribution in [3.8, 4) is 0 Å². The lowest BCUT2D eigenvalue weighted by atomic mass is 10.1. The normalized spacial score (nSPS) is 10.5. The van der Waals surface area contributed by atoms with Crippen molar-refractivity contribution < 1.29 is 4.79 Å². The topological polar surface area (TPSA) is 46.9 Å². The van der Waals surface area contributed by atoms with Gasteiger partial charge < -0.3 is 5.32 Å². The number of carbonyl (C=O) groups is 1. The maximum atomic E-state index is 12.3. The van der Waals surface area contributed by atoms with Crippen LogP contribution in [0.2, 0.25) is 0 Å². The molecule has 0 saturated heterocycles. The third-order valence-corrected chi connectivity index (χ3v) is 4.78. The molecule has 1 amide bonds. The molecule has 0 aliphatic carbocycles. The van der Waals surface area contributed by atoms with E-state index in [0.29, 0.717) is 12.1 Å². The van der Waals surface area contributed by atoms with E-state index in [1.54, 1.807) is 17.5 Å². The van der Waals surface area contributed by atoms with E-state index in [9.17, 15) is 4.79 Å². The first-order chi connectivity index (χ1) is 10.2. The van der Waals surface area contributed by atoms with Crippen LogP contribution in [-0.2, 0) is 6.54 Å². The predicted octanol–water partition coefficient (Wildman–Crippen LogP) is 3.85. The number of anilines is 1. The zero-order valence-corrected chi connectivity index (χ0v) is 14.0. The quantitative estimate of drug-likeness (QED) is 0.666. The number of hydrogen-bond donors (Lipinski definition) is 1. The first-order valence-electron chi connectivity index (χ1n) is 6.33. The third kappa shape index (κ3) is 3.51. The summed E-state index contributed by atoms with van der Waals surface area (Å²) in [5.41, 5.74) is 2.54. The average molecular weight is 409 g/mol. The molecule has 0 fully saturated rings. The molecular formula is C15H12IN3OS. The Kier molecular flexibility index (Phi) is 4.35. The summed E-state index contributed by atoms with van der Waals surface area (Å²) in [6, 6.07) is 11.6. The molecule has 3 rings (SSSR count). The first kappa shape index (κ1) is 14.3. The highest BCUT2D eigenvalue weighted by Crippen LogP contribution is 2.20. The molecule has 1 N–H and O–H groups in total. The van der Waals surface area contributed by atoms with Crippen molar-refractivity contribution in [1.29, 1.82) is 0 Å². The SMILES string of the molecule is O=C(Nc1ccccc1Cn1cccn1)c1csc(I)c1. The largest absolute Gasteiger partial charge is 0.322 e. The number of aromatic nitrogens is 2. The molecule has 0 saturated carbocycles. The number of nitrogens with one attached hydrogen (secondary N) is 1. The van der Waals surface area contributed by atoms with E-state index in [1.807, 2.05) is 52.7 Å². The fourth-order valence-electron chi connectivity index (χ4n) is 1.97. The molecule has 21 heavy (non-hydrogen) atoms. The molecule has 2 aromatic heterocycles. The van der Waals surface area contributed by atoms with Gasteiger partial charge in [0.15, 0.2) is 0 Å². The Morgan fingerprint density at radius 1 is 1.33 bits per heavy atom. The van der Waals surface area contributed by atoms with E-state index in [2.05, 4.69) is 33.0 Å². The Labute approximate surface area is 139 Å². The van der Waals surface area contributed by atoms with Crippen LogP contribution in [0.4, 0.5) is 5.69 Å². The molecule has 6 heteroatoms. The molecule has 4 nitrogen and oxygen atoms in total. The molecule has 0 atom stereocenters. The Balaban J connectivity index is 1.80. The van der Waals surface area contributed by atoms with Crippen molar-refractivity contribution in [3.05, 3.63) is 68.2 Å². The van der Waals surface area contributed by atoms with Crippen molar-refractivity contribution in [2.45, 2.75) is 6.54 Å². The number of halogens is 1. The molecule has 106 valence electrons. The van der Waals surface area contributed by atoms with Crippen LogP contribution < -0.4 is 5.32 Å². The summed E-state index contributed by atoms with van der Waals surface area (Å²) in [5.74, 6) is -0.0814. The van der Waals surface area contributed by atoms with Crippen molar-refractivity contribution >= 4 is 45.5 Å². The lowest BCUT2D eigenvalue weighted by Crippen LogP contribution is -2.13. The summed E-state index contributed by atoms with van der Waals surface area (Å²) in [6.07, 6.45) is 3.65. The van der Waals surface area contributed by atoms with Gasteiger partial charge in [0.05, 0.1) is 15.0 Å². The molecule has 0 aliphatic rings. The maximum Gasteiger partial charge on any atom is 0.256 e. The summed E-state index contributed by atoms with van der Waals surface area (Å²) in [5, 5.41) is 9.04. The van der Waals surface area contributed by atoms with E-state index in [1.165, 1.54) is 0 Å². The zero-order chi connectivity index (χ0) is 14.7. The highest BCUT2D eigenvalue weighted by atomic mass is 127. The van der Waals surface area contributed by atoms with Crippen LogP contribution in [0.1, 0.15) is 15.9 Å². The number of carbonyl (C=O) groups excluding carboxylic acids is 1. The van der Waals surface area contributed by atoms with Crippen molar-refractivity contribution in [2.75, 3.05) is 5.32 Å². The molecule has 0 bridgehead atoms. The Hall–Kier alpha value is -1.67. The van der Waals surface area contributed by atoms with Crippen LogP contribution >= 0.6 is 33.9 Å². The van der Waals surface area contributed by atoms with E-state index in [0.717, 1.165) is 14.1 Å². The van der Waals surface area contributed by atoms with Crippen LogP contribution in [0, 0.1) is 2.88 Å². The average Bonchev–Trinajstić information content (AvgIpc) is 3.12. The molecule has 0 aliphatic heterocycles. The highest BCUT2D eigenvalue weighted by molar-refractivity contribution is 14.1. The number of hydrogen-bond acceptors (Lipinski definition) is 3. The van der Waals surface area contributed by atoms with Gasteiger partial charge in [-0.3, -0.25) is 9.48 Å². The van der Waals surface area contributed by atoms with Gasteiger partial charge in [-0.2, -0.15) is 5.10 Å². The van der Waals surface area contributed by atoms with Crippen LogP contribution in [-0.4, -0.2) is 15.7 Å². The van der Waals surface area contributed by atoms with E-state index in [-0.39, 0.29) is 5.91 Å². The van der Waals surface area contributed by atoms with Gasteiger partial charge in [-0.1, -0.05) is 18.2 Å². The molecule has 1 aromatic carbocycles. The molecule has 2 heterocycles. The minimum atomic E-state index is -0.0814. The monoisotopic (exact) mass is 409 g/mol. The molecular weight excluding hydrogens is 397 g/mol. The second-order valence-electron chi connectivity index (χ2n) is 4.45. The zero-order valence-electron chi connectivity index (χ0n) is 11.0. The van der Waals surface area contributed by atoms with Gasteiger partial charge in [-0.25, -0.2) is 0 Å². The van der Waals surface area contributed by atoms with Gasteiger partial charge in [0, 0.05) is 23.5 Å². The van der Waals surface area contributed by atoms with Crippen molar-refractivity contribution in [1.82, 2.24) is 9.78 Å². The summed E-state index contributed by atoms with van der Waals surface area (Å²) < 4.78 is 2.93. The van der Waals surface area contributed by atoms with Crippen LogP contribution in [0.25, 0.3) is 0 Å². The van der Waals surface area contributed by atoms with Crippen molar-refractivity contribution in [2.24, 2.45) is 0 Å². The van der Waals surface area contributed by atoms with E-state index >= 15 is 0 Å². The van der Waals surface area contributed by atoms with Gasteiger partial charge in [0.1, 0.15) is 0 Å². The summed E-state index contributed by atoms with van der Waals surface area (Å²) >= 11 is 3.78. The highest BCUT2D eigenvalue weighted by Gasteiger charge is 2.10. The summed E-state index contributed by atoms with van der Waals surface area (Å²) in [7, 11) is 0. The lowest BCUT2D eigenvalue weighted by molar-refractivity contribution is 0.102.